The summed E-state index contributed by atoms with van der Waals surface area (Å²) in [5, 5.41) is 9.71. The lowest BCUT2D eigenvalue weighted by molar-refractivity contribution is -0.157. The molecule has 0 unspecified atom stereocenters. The number of carbonyl (C=O) groups excluding carboxylic acids is 1. The highest BCUT2D eigenvalue weighted by Crippen LogP contribution is 2.16. The molecule has 0 atom stereocenters. The highest BCUT2D eigenvalue weighted by molar-refractivity contribution is 5.86. The molecule has 0 aromatic carbocycles. The molecule has 25 heavy (non-hydrogen) atoms. The predicted octanol–water partition coefficient (Wildman–Crippen LogP) is 1.49. The first-order valence-corrected chi connectivity index (χ1v) is 7.93. The molecule has 7 nitrogen and oxygen atoms in total. The molecule has 2 N–H and O–H groups in total. The van der Waals surface area contributed by atoms with Gasteiger partial charge in [0.25, 0.3) is 0 Å². The molecule has 1 rings (SSSR count). The summed E-state index contributed by atoms with van der Waals surface area (Å²) < 4.78 is 42.1. The molecule has 0 radical (unpaired) electrons. The number of carbonyl (C=O) groups is 1. The number of alkyl halides is 3. The van der Waals surface area contributed by atoms with Crippen LogP contribution in [-0.4, -0.2) is 55.3 Å². The van der Waals surface area contributed by atoms with E-state index in [0.29, 0.717) is 30.2 Å². The Bertz CT molecular complexity index is 577. The molecule has 10 heteroatoms. The average Bonchev–Trinajstić information content (AvgIpc) is 2.95. The van der Waals surface area contributed by atoms with Gasteiger partial charge in [0.1, 0.15) is 12.3 Å². The zero-order valence-corrected chi connectivity index (χ0v) is 14.8. The van der Waals surface area contributed by atoms with Crippen molar-refractivity contribution in [2.24, 2.45) is 4.99 Å². The largest absolute Gasteiger partial charge is 0.406 e. The quantitative estimate of drug-likeness (QED) is 0.566. The molecule has 0 aliphatic rings. The monoisotopic (exact) mass is 363 g/mol. The lowest BCUT2D eigenvalue weighted by Gasteiger charge is -2.20. The van der Waals surface area contributed by atoms with E-state index in [-0.39, 0.29) is 6.54 Å². The van der Waals surface area contributed by atoms with Crippen molar-refractivity contribution in [3.63, 3.8) is 0 Å². The van der Waals surface area contributed by atoms with E-state index in [1.165, 1.54) is 7.05 Å². The fraction of sp³-hybridized carbons (Fsp3) is 0.667. The lowest BCUT2D eigenvalue weighted by Crippen LogP contribution is -2.45. The van der Waals surface area contributed by atoms with Gasteiger partial charge in [-0.25, -0.2) is 0 Å². The normalized spacial score (nSPS) is 12.2. The Kier molecular flexibility index (Phi) is 7.72. The van der Waals surface area contributed by atoms with Crippen LogP contribution < -0.4 is 10.6 Å². The Morgan fingerprint density at radius 3 is 2.48 bits per heavy atom. The number of likely N-dealkylation sites (N-methyl/N-ethyl adjacent to an activating group) is 1. The maximum absolute atomic E-state index is 12.3. The van der Waals surface area contributed by atoms with Crippen molar-refractivity contribution in [1.82, 2.24) is 20.7 Å². The smallest absolute Gasteiger partial charge is 0.361 e. The minimum atomic E-state index is -4.42. The third-order valence-corrected chi connectivity index (χ3v) is 3.51. The molecule has 0 aliphatic carbocycles. The van der Waals surface area contributed by atoms with Crippen LogP contribution >= 0.6 is 0 Å². The molecule has 1 aromatic rings. The molecule has 0 saturated carbocycles. The first-order chi connectivity index (χ1) is 11.7. The fourth-order valence-corrected chi connectivity index (χ4v) is 2.18. The van der Waals surface area contributed by atoms with Crippen LogP contribution in [0.3, 0.4) is 0 Å². The number of aliphatic imine (C=N–C) groups is 1. The summed E-state index contributed by atoms with van der Waals surface area (Å²) in [7, 11) is 2.61. The Morgan fingerprint density at radius 2 is 1.96 bits per heavy atom. The van der Waals surface area contributed by atoms with Crippen molar-refractivity contribution in [3.8, 4) is 0 Å². The molecule has 0 spiro atoms. The van der Waals surface area contributed by atoms with Gasteiger partial charge in [-0.3, -0.25) is 9.79 Å². The summed E-state index contributed by atoms with van der Waals surface area (Å²) in [5.41, 5.74) is 1.76. The molecule has 1 amide bonds. The van der Waals surface area contributed by atoms with Gasteiger partial charge in [0.15, 0.2) is 5.96 Å². The SMILES string of the molecule is CCc1noc(CC)c1CNC(=NC)NCC(=O)N(C)CC(F)(F)F. The van der Waals surface area contributed by atoms with Crippen molar-refractivity contribution >= 4 is 11.9 Å². The van der Waals surface area contributed by atoms with Crippen LogP contribution in [-0.2, 0) is 24.2 Å². The van der Waals surface area contributed by atoms with Gasteiger partial charge in [-0.15, -0.1) is 0 Å². The van der Waals surface area contributed by atoms with Crippen molar-refractivity contribution < 1.29 is 22.5 Å². The Labute approximate surface area is 144 Å². The summed E-state index contributed by atoms with van der Waals surface area (Å²) >= 11 is 0. The molecular weight excluding hydrogens is 339 g/mol. The number of guanidine groups is 1. The van der Waals surface area contributed by atoms with Gasteiger partial charge in [-0.2, -0.15) is 13.2 Å². The van der Waals surface area contributed by atoms with Crippen molar-refractivity contribution in [2.75, 3.05) is 27.2 Å². The highest BCUT2D eigenvalue weighted by atomic mass is 19.4. The second kappa shape index (κ2) is 9.28. The summed E-state index contributed by atoms with van der Waals surface area (Å²) in [4.78, 5) is 16.3. The van der Waals surface area contributed by atoms with E-state index < -0.39 is 18.6 Å². The summed E-state index contributed by atoms with van der Waals surface area (Å²) in [5.74, 6) is 0.383. The zero-order valence-electron chi connectivity index (χ0n) is 14.8. The Morgan fingerprint density at radius 1 is 1.28 bits per heavy atom. The molecule has 1 heterocycles. The summed E-state index contributed by atoms with van der Waals surface area (Å²) in [6.45, 7) is 2.72. The van der Waals surface area contributed by atoms with Crippen LogP contribution in [0, 0.1) is 0 Å². The van der Waals surface area contributed by atoms with Gasteiger partial charge in [0.05, 0.1) is 12.2 Å². The van der Waals surface area contributed by atoms with Gasteiger partial charge in [-0.05, 0) is 6.42 Å². The molecule has 0 aliphatic heterocycles. The van der Waals surface area contributed by atoms with Crippen LogP contribution in [0.2, 0.25) is 0 Å². The second-order valence-electron chi connectivity index (χ2n) is 5.38. The first kappa shape index (κ1) is 20.8. The minimum absolute atomic E-state index is 0.294. The second-order valence-corrected chi connectivity index (χ2v) is 5.38. The molecule has 0 saturated heterocycles. The zero-order chi connectivity index (χ0) is 19.0. The highest BCUT2D eigenvalue weighted by Gasteiger charge is 2.31. The minimum Gasteiger partial charge on any atom is -0.361 e. The molecule has 0 bridgehead atoms. The third-order valence-electron chi connectivity index (χ3n) is 3.51. The number of hydrogen-bond acceptors (Lipinski definition) is 4. The number of hydrogen-bond donors (Lipinski definition) is 2. The first-order valence-electron chi connectivity index (χ1n) is 7.93. The molecule has 0 fully saturated rings. The molecule has 1 aromatic heterocycles. The van der Waals surface area contributed by atoms with E-state index >= 15 is 0 Å². The summed E-state index contributed by atoms with van der Waals surface area (Å²) in [6.07, 6.45) is -3.02. The van der Waals surface area contributed by atoms with E-state index in [0.717, 1.165) is 24.1 Å². The van der Waals surface area contributed by atoms with E-state index in [9.17, 15) is 18.0 Å². The predicted molar refractivity (Wildman–Crippen MR) is 87.2 cm³/mol. The fourth-order valence-electron chi connectivity index (χ4n) is 2.18. The third kappa shape index (κ3) is 6.63. The van der Waals surface area contributed by atoms with Crippen LogP contribution in [0.4, 0.5) is 13.2 Å². The number of rotatable bonds is 7. The van der Waals surface area contributed by atoms with E-state index in [1.807, 2.05) is 13.8 Å². The van der Waals surface area contributed by atoms with Crippen LogP contribution in [0.25, 0.3) is 0 Å². The average molecular weight is 363 g/mol. The molecular formula is C15H24F3N5O2. The van der Waals surface area contributed by atoms with Crippen molar-refractivity contribution in [3.05, 3.63) is 17.0 Å². The lowest BCUT2D eigenvalue weighted by atomic mass is 10.1. The van der Waals surface area contributed by atoms with E-state index in [2.05, 4.69) is 20.8 Å². The number of nitrogens with zero attached hydrogens (tertiary/aromatic N) is 3. The summed E-state index contributed by atoms with van der Waals surface area (Å²) in [6, 6.07) is 0. The van der Waals surface area contributed by atoms with E-state index in [4.69, 9.17) is 4.52 Å². The number of amides is 1. The Hall–Kier alpha value is -2.26. The maximum Gasteiger partial charge on any atom is 0.406 e. The number of halogens is 3. The maximum atomic E-state index is 12.3. The topological polar surface area (TPSA) is 82.8 Å². The van der Waals surface area contributed by atoms with Gasteiger partial charge >= 0.3 is 6.18 Å². The van der Waals surface area contributed by atoms with E-state index in [1.54, 1.807) is 0 Å². The van der Waals surface area contributed by atoms with Crippen LogP contribution in [0.1, 0.15) is 30.9 Å². The number of nitrogens with one attached hydrogen (secondary N) is 2. The van der Waals surface area contributed by atoms with Crippen molar-refractivity contribution in [2.45, 2.75) is 39.4 Å². The van der Waals surface area contributed by atoms with Crippen LogP contribution in [0.5, 0.6) is 0 Å². The number of aryl methyl sites for hydroxylation is 2. The van der Waals surface area contributed by atoms with Crippen molar-refractivity contribution in [1.29, 1.82) is 0 Å². The van der Waals surface area contributed by atoms with Gasteiger partial charge in [-0.1, -0.05) is 19.0 Å². The molecule has 142 valence electrons. The van der Waals surface area contributed by atoms with Gasteiger partial charge < -0.3 is 20.1 Å². The standard InChI is InChI=1S/C15H24F3N5O2/c1-5-11-10(12(6-2)25-22-11)7-20-14(19-3)21-8-13(24)23(4)9-15(16,17)18/h5-9H2,1-4H3,(H2,19,20,21). The van der Waals surface area contributed by atoms with Crippen LogP contribution in [0.15, 0.2) is 9.52 Å². The van der Waals surface area contributed by atoms with Gasteiger partial charge in [0, 0.05) is 32.6 Å². The van der Waals surface area contributed by atoms with Gasteiger partial charge in [0.2, 0.25) is 5.91 Å². The number of aromatic nitrogens is 1. The Balaban J connectivity index is 2.56.